The third-order valence-electron chi connectivity index (χ3n) is 2.68. The van der Waals surface area contributed by atoms with Gasteiger partial charge in [-0.05, 0) is 24.0 Å². The van der Waals surface area contributed by atoms with Crippen molar-refractivity contribution in [2.45, 2.75) is 59.8 Å². The molecule has 0 aliphatic heterocycles. The topological polar surface area (TPSA) is 17.1 Å². The van der Waals surface area contributed by atoms with Gasteiger partial charge < -0.3 is 0 Å². The fraction of sp³-hybridized carbons (Fsp3) is 0.923. The molecule has 0 rings (SSSR count). The van der Waals surface area contributed by atoms with E-state index in [1.165, 1.54) is 37.4 Å². The van der Waals surface area contributed by atoms with E-state index in [0.29, 0.717) is 11.0 Å². The molecule has 0 N–H and O–H groups in total. The first-order chi connectivity index (χ1) is 7.10. The Morgan fingerprint density at radius 2 is 1.87 bits per heavy atom. The normalized spacial score (nSPS) is 14.9. The molecule has 0 spiro atoms. The summed E-state index contributed by atoms with van der Waals surface area (Å²) in [6.07, 6.45) is 5.88. The molecule has 0 bridgehead atoms. The highest BCUT2D eigenvalue weighted by Crippen LogP contribution is 2.22. The average Bonchev–Trinajstić information content (AvgIpc) is 2.14. The minimum Gasteiger partial charge on any atom is -0.287 e. The molecule has 0 amide bonds. The lowest BCUT2D eigenvalue weighted by Gasteiger charge is -2.16. The van der Waals surface area contributed by atoms with E-state index in [1.807, 2.05) is 6.92 Å². The van der Waals surface area contributed by atoms with Crippen LogP contribution in [0.5, 0.6) is 0 Å². The average molecular weight is 230 g/mol. The Bertz CT molecular complexity index is 168. The number of rotatable bonds is 8. The van der Waals surface area contributed by atoms with Crippen LogP contribution in [0.3, 0.4) is 0 Å². The van der Waals surface area contributed by atoms with Gasteiger partial charge in [0.2, 0.25) is 0 Å². The van der Waals surface area contributed by atoms with Gasteiger partial charge in [0.05, 0.1) is 0 Å². The zero-order valence-electron chi connectivity index (χ0n) is 10.7. The van der Waals surface area contributed by atoms with Gasteiger partial charge in [-0.1, -0.05) is 58.7 Å². The highest BCUT2D eigenvalue weighted by atomic mass is 32.2. The molecule has 0 saturated heterocycles. The summed E-state index contributed by atoms with van der Waals surface area (Å²) in [4.78, 5) is 11.4. The Hall–Kier alpha value is 0.0200. The predicted octanol–water partition coefficient (Wildman–Crippen LogP) is 4.51. The van der Waals surface area contributed by atoms with Crippen LogP contribution in [0.25, 0.3) is 0 Å². The van der Waals surface area contributed by atoms with E-state index >= 15 is 0 Å². The van der Waals surface area contributed by atoms with E-state index in [1.54, 1.807) is 0 Å². The van der Waals surface area contributed by atoms with Crippen LogP contribution in [0.1, 0.15) is 59.8 Å². The van der Waals surface area contributed by atoms with Gasteiger partial charge in [0.15, 0.2) is 5.12 Å². The van der Waals surface area contributed by atoms with Crippen LogP contribution in [0.15, 0.2) is 0 Å². The Balaban J connectivity index is 3.62. The van der Waals surface area contributed by atoms with Crippen molar-refractivity contribution in [3.8, 4) is 0 Å². The summed E-state index contributed by atoms with van der Waals surface area (Å²) in [6.45, 7) is 8.79. The maximum absolute atomic E-state index is 11.4. The largest absolute Gasteiger partial charge is 0.287 e. The predicted molar refractivity (Wildman–Crippen MR) is 70.2 cm³/mol. The first-order valence-corrected chi connectivity index (χ1v) is 7.24. The molecule has 0 heterocycles. The second-order valence-electron chi connectivity index (χ2n) is 4.60. The number of hydrogen-bond donors (Lipinski definition) is 0. The third kappa shape index (κ3) is 8.98. The van der Waals surface area contributed by atoms with E-state index in [0.717, 1.165) is 18.1 Å². The highest BCUT2D eigenvalue weighted by Gasteiger charge is 2.12. The molecule has 0 aliphatic carbocycles. The smallest absolute Gasteiger partial charge is 0.189 e. The van der Waals surface area contributed by atoms with Crippen LogP contribution < -0.4 is 0 Å². The Morgan fingerprint density at radius 1 is 1.20 bits per heavy atom. The number of carbonyl (C=O) groups excluding carboxylic acids is 1. The monoisotopic (exact) mass is 230 g/mol. The number of hydrogen-bond acceptors (Lipinski definition) is 2. The first kappa shape index (κ1) is 15.0. The number of carbonyl (C=O) groups is 1. The maximum atomic E-state index is 11.4. The van der Waals surface area contributed by atoms with E-state index in [9.17, 15) is 4.79 Å². The standard InChI is InChI=1S/C13H26OS/c1-5-7-8-11(3)9-12(4)10-13(14)15-6-2/h11-12H,5-10H2,1-4H3. The summed E-state index contributed by atoms with van der Waals surface area (Å²) < 4.78 is 0. The number of thioether (sulfide) groups is 1. The van der Waals surface area contributed by atoms with Crippen LogP contribution in [-0.4, -0.2) is 10.9 Å². The molecule has 90 valence electrons. The lowest BCUT2D eigenvalue weighted by atomic mass is 9.91. The van der Waals surface area contributed by atoms with Crippen molar-refractivity contribution in [1.82, 2.24) is 0 Å². The summed E-state index contributed by atoms with van der Waals surface area (Å²) in [5.74, 6) is 2.25. The SMILES string of the molecule is CCCCC(C)CC(C)CC(=O)SCC. The second kappa shape index (κ2) is 9.26. The van der Waals surface area contributed by atoms with Crippen molar-refractivity contribution in [3.05, 3.63) is 0 Å². The van der Waals surface area contributed by atoms with Gasteiger partial charge in [-0.25, -0.2) is 0 Å². The van der Waals surface area contributed by atoms with Gasteiger partial charge in [-0.3, -0.25) is 4.79 Å². The second-order valence-corrected chi connectivity index (χ2v) is 5.92. The van der Waals surface area contributed by atoms with Crippen molar-refractivity contribution in [2.24, 2.45) is 11.8 Å². The first-order valence-electron chi connectivity index (χ1n) is 6.25. The molecule has 0 aromatic carbocycles. The lowest BCUT2D eigenvalue weighted by Crippen LogP contribution is -2.07. The molecular formula is C13H26OS. The van der Waals surface area contributed by atoms with Gasteiger partial charge in [-0.2, -0.15) is 0 Å². The molecule has 2 heteroatoms. The fourth-order valence-corrected chi connectivity index (χ4v) is 2.67. The van der Waals surface area contributed by atoms with Crippen molar-refractivity contribution in [1.29, 1.82) is 0 Å². The Morgan fingerprint density at radius 3 is 2.40 bits per heavy atom. The van der Waals surface area contributed by atoms with E-state index in [2.05, 4.69) is 20.8 Å². The van der Waals surface area contributed by atoms with Gasteiger partial charge in [-0.15, -0.1) is 0 Å². The van der Waals surface area contributed by atoms with Crippen molar-refractivity contribution in [3.63, 3.8) is 0 Å². The molecule has 15 heavy (non-hydrogen) atoms. The van der Waals surface area contributed by atoms with Gasteiger partial charge in [0.25, 0.3) is 0 Å². The molecular weight excluding hydrogens is 204 g/mol. The fourth-order valence-electron chi connectivity index (χ4n) is 1.95. The molecule has 1 nitrogen and oxygen atoms in total. The third-order valence-corrected chi connectivity index (χ3v) is 3.45. The van der Waals surface area contributed by atoms with Crippen LogP contribution >= 0.6 is 11.8 Å². The summed E-state index contributed by atoms with van der Waals surface area (Å²) in [7, 11) is 0. The molecule has 0 aliphatic rings. The Kier molecular flexibility index (Phi) is 9.27. The van der Waals surface area contributed by atoms with Crippen LogP contribution in [-0.2, 0) is 4.79 Å². The molecule has 0 fully saturated rings. The van der Waals surface area contributed by atoms with Gasteiger partial charge in [0.1, 0.15) is 0 Å². The highest BCUT2D eigenvalue weighted by molar-refractivity contribution is 8.13. The molecule has 0 saturated carbocycles. The molecule has 0 aromatic heterocycles. The lowest BCUT2D eigenvalue weighted by molar-refractivity contribution is -0.111. The maximum Gasteiger partial charge on any atom is 0.189 e. The van der Waals surface area contributed by atoms with Crippen molar-refractivity contribution in [2.75, 3.05) is 5.75 Å². The molecule has 0 radical (unpaired) electrons. The van der Waals surface area contributed by atoms with Crippen LogP contribution in [0.2, 0.25) is 0 Å². The summed E-state index contributed by atoms with van der Waals surface area (Å²) in [5, 5.41) is 0.368. The van der Waals surface area contributed by atoms with Gasteiger partial charge >= 0.3 is 0 Å². The minimum atomic E-state index is 0.368. The zero-order chi connectivity index (χ0) is 11.7. The van der Waals surface area contributed by atoms with Crippen LogP contribution in [0.4, 0.5) is 0 Å². The van der Waals surface area contributed by atoms with E-state index in [-0.39, 0.29) is 0 Å². The van der Waals surface area contributed by atoms with Crippen molar-refractivity contribution >= 4 is 16.9 Å². The minimum absolute atomic E-state index is 0.368. The Labute approximate surface area is 99.4 Å². The molecule has 0 aromatic rings. The quantitative estimate of drug-likeness (QED) is 0.610. The summed E-state index contributed by atoms with van der Waals surface area (Å²) in [6, 6.07) is 0. The van der Waals surface area contributed by atoms with Crippen LogP contribution in [0, 0.1) is 11.8 Å². The molecule has 2 unspecified atom stereocenters. The van der Waals surface area contributed by atoms with Crippen molar-refractivity contribution < 1.29 is 4.79 Å². The summed E-state index contributed by atoms with van der Waals surface area (Å²) >= 11 is 1.47. The summed E-state index contributed by atoms with van der Waals surface area (Å²) in [5.41, 5.74) is 0. The van der Waals surface area contributed by atoms with Gasteiger partial charge in [0, 0.05) is 6.42 Å². The number of unbranched alkanes of at least 4 members (excludes halogenated alkanes) is 1. The molecule has 2 atom stereocenters. The van der Waals surface area contributed by atoms with E-state index < -0.39 is 0 Å². The zero-order valence-corrected chi connectivity index (χ0v) is 11.5. The van der Waals surface area contributed by atoms with E-state index in [4.69, 9.17) is 0 Å².